The average molecular weight is 548 g/mol. The summed E-state index contributed by atoms with van der Waals surface area (Å²) in [6.07, 6.45) is 4.65. The van der Waals surface area contributed by atoms with Crippen LogP contribution in [-0.4, -0.2) is 60.6 Å². The minimum absolute atomic E-state index is 0.0385. The van der Waals surface area contributed by atoms with Crippen LogP contribution in [0.3, 0.4) is 0 Å². The molecule has 40 heavy (non-hydrogen) atoms. The summed E-state index contributed by atoms with van der Waals surface area (Å²) in [5.74, 6) is 2.57. The number of aromatic nitrogens is 1. The van der Waals surface area contributed by atoms with Gasteiger partial charge in [-0.15, -0.1) is 0 Å². The monoisotopic (exact) mass is 547 g/mol. The van der Waals surface area contributed by atoms with Gasteiger partial charge in [0.1, 0.15) is 11.5 Å². The molecule has 0 unspecified atom stereocenters. The smallest absolute Gasteiger partial charge is 0.254 e. The quantitative estimate of drug-likeness (QED) is 0.430. The van der Waals surface area contributed by atoms with Crippen molar-refractivity contribution in [1.82, 2.24) is 14.8 Å². The molecule has 214 valence electrons. The lowest BCUT2D eigenvalue weighted by atomic mass is 9.87. The van der Waals surface area contributed by atoms with Crippen LogP contribution < -0.4 is 15.0 Å². The molecular weight excluding hydrogens is 506 g/mol. The molecule has 0 spiro atoms. The summed E-state index contributed by atoms with van der Waals surface area (Å²) in [6.45, 7) is 8.39. The largest absolute Gasteiger partial charge is 0.492 e. The lowest BCUT2D eigenvalue weighted by Crippen LogP contribution is -2.40. The zero-order valence-electron chi connectivity index (χ0n) is 24.8. The number of benzene rings is 1. The number of carbonyl (C=O) groups excluding carboxylic acids is 1. The molecule has 1 aromatic carbocycles. The van der Waals surface area contributed by atoms with Crippen LogP contribution in [-0.2, 0) is 13.0 Å². The molecule has 2 aliphatic rings. The van der Waals surface area contributed by atoms with Crippen LogP contribution in [0.25, 0.3) is 11.3 Å². The van der Waals surface area contributed by atoms with Crippen LogP contribution in [0.15, 0.2) is 27.4 Å². The van der Waals surface area contributed by atoms with Crippen LogP contribution in [0.4, 0.5) is 0 Å². The summed E-state index contributed by atoms with van der Waals surface area (Å²) in [7, 11) is 5.91. The molecule has 3 heterocycles. The van der Waals surface area contributed by atoms with E-state index in [2.05, 4.69) is 24.0 Å². The zero-order valence-corrected chi connectivity index (χ0v) is 24.8. The maximum absolute atomic E-state index is 14.2. The summed E-state index contributed by atoms with van der Waals surface area (Å²) < 4.78 is 18.8. The summed E-state index contributed by atoms with van der Waals surface area (Å²) >= 11 is 0. The van der Waals surface area contributed by atoms with Crippen LogP contribution in [0.2, 0.25) is 0 Å². The Morgan fingerprint density at radius 3 is 2.35 bits per heavy atom. The number of hydrogen-bond acceptors (Lipinski definition) is 6. The number of aryl methyl sites for hydroxylation is 3. The number of methoxy groups -OCH3 is 1. The Bertz CT molecular complexity index is 1480. The number of pyridine rings is 1. The number of fused-ring (bicyclic) bond motifs is 1. The molecule has 1 aliphatic heterocycles. The van der Waals surface area contributed by atoms with Gasteiger partial charge in [-0.1, -0.05) is 0 Å². The van der Waals surface area contributed by atoms with Crippen molar-refractivity contribution in [3.63, 3.8) is 0 Å². The van der Waals surface area contributed by atoms with Gasteiger partial charge in [-0.05, 0) is 103 Å². The summed E-state index contributed by atoms with van der Waals surface area (Å²) in [4.78, 5) is 33.9. The molecule has 1 amide bonds. The van der Waals surface area contributed by atoms with Crippen molar-refractivity contribution in [2.45, 2.75) is 78.5 Å². The Kier molecular flexibility index (Phi) is 7.82. The van der Waals surface area contributed by atoms with Gasteiger partial charge >= 0.3 is 0 Å². The maximum Gasteiger partial charge on any atom is 0.254 e. The Labute approximate surface area is 236 Å². The SMILES string of the molecule is COc1c(OC2CCC(N(C)C)CC2)c(C)c2c(c1-c1ccc(C)o1)CCN(Cc1c(C)cc(C)[nH]c1=O)C2=O. The second-order valence-electron chi connectivity index (χ2n) is 11.6. The number of nitrogens with one attached hydrogen (secondary N) is 1. The number of rotatable bonds is 7. The number of aromatic amines is 1. The van der Waals surface area contributed by atoms with E-state index in [-0.39, 0.29) is 24.1 Å². The summed E-state index contributed by atoms with van der Waals surface area (Å²) in [6, 6.07) is 6.36. The molecule has 3 aromatic rings. The van der Waals surface area contributed by atoms with Gasteiger partial charge < -0.3 is 28.7 Å². The van der Waals surface area contributed by atoms with Crippen molar-refractivity contribution in [3.8, 4) is 22.8 Å². The van der Waals surface area contributed by atoms with Crippen molar-refractivity contribution in [3.05, 3.63) is 67.8 Å². The first-order chi connectivity index (χ1) is 19.1. The van der Waals surface area contributed by atoms with Gasteiger partial charge in [0.05, 0.1) is 30.9 Å². The third kappa shape index (κ3) is 5.17. The van der Waals surface area contributed by atoms with Gasteiger partial charge in [0, 0.05) is 29.4 Å². The third-order valence-electron chi connectivity index (χ3n) is 8.58. The van der Waals surface area contributed by atoms with Crippen molar-refractivity contribution < 1.29 is 18.7 Å². The third-order valence-corrected chi connectivity index (χ3v) is 8.58. The van der Waals surface area contributed by atoms with Crippen LogP contribution in [0.1, 0.15) is 69.7 Å². The van der Waals surface area contributed by atoms with E-state index in [1.54, 1.807) is 12.0 Å². The number of ether oxygens (including phenoxy) is 2. The van der Waals surface area contributed by atoms with Gasteiger partial charge in [0.25, 0.3) is 11.5 Å². The van der Waals surface area contributed by atoms with E-state index in [9.17, 15) is 9.59 Å². The lowest BCUT2D eigenvalue weighted by molar-refractivity contribution is 0.0722. The van der Waals surface area contributed by atoms with Crippen molar-refractivity contribution in [2.24, 2.45) is 0 Å². The molecule has 8 heteroatoms. The standard InChI is InChI=1S/C32H41N3O5/c1-18-16-19(2)33-31(36)25(18)17-35-15-14-24-27(32(35)37)21(4)29(40-23-11-9-22(10-12-23)34(5)6)30(38-7)28(24)26-13-8-20(3)39-26/h8,13,16,22-23H,9-12,14-15,17H2,1-7H3,(H,33,36). The van der Waals surface area contributed by atoms with Gasteiger partial charge in [0.15, 0.2) is 11.5 Å². The molecule has 5 rings (SSSR count). The Hall–Kier alpha value is -3.52. The predicted octanol–water partition coefficient (Wildman–Crippen LogP) is 5.33. The highest BCUT2D eigenvalue weighted by Crippen LogP contribution is 2.48. The fourth-order valence-corrected chi connectivity index (χ4v) is 6.36. The highest BCUT2D eigenvalue weighted by atomic mass is 16.5. The van der Waals surface area contributed by atoms with E-state index in [0.717, 1.165) is 59.4 Å². The Balaban J connectivity index is 1.58. The number of amides is 1. The fourth-order valence-electron chi connectivity index (χ4n) is 6.36. The second kappa shape index (κ2) is 11.2. The first-order valence-electron chi connectivity index (χ1n) is 14.2. The van der Waals surface area contributed by atoms with E-state index in [1.807, 2.05) is 45.9 Å². The molecule has 2 aromatic heterocycles. The Morgan fingerprint density at radius 1 is 1.02 bits per heavy atom. The highest BCUT2D eigenvalue weighted by Gasteiger charge is 2.36. The highest BCUT2D eigenvalue weighted by molar-refractivity contribution is 6.02. The average Bonchev–Trinajstić information content (AvgIpc) is 3.34. The van der Waals surface area contributed by atoms with Crippen molar-refractivity contribution >= 4 is 5.91 Å². The minimum atomic E-state index is -0.147. The fraction of sp³-hybridized carbons (Fsp3) is 0.500. The van der Waals surface area contributed by atoms with Crippen LogP contribution in [0, 0.1) is 27.7 Å². The maximum atomic E-state index is 14.2. The molecule has 0 bridgehead atoms. The number of hydrogen-bond donors (Lipinski definition) is 1. The molecule has 1 saturated carbocycles. The van der Waals surface area contributed by atoms with Crippen LogP contribution >= 0.6 is 0 Å². The van der Waals surface area contributed by atoms with E-state index in [1.165, 1.54) is 0 Å². The molecule has 1 aliphatic carbocycles. The first kappa shape index (κ1) is 28.0. The first-order valence-corrected chi connectivity index (χ1v) is 14.2. The normalized spacial score (nSPS) is 19.2. The Morgan fingerprint density at radius 2 is 1.75 bits per heavy atom. The molecule has 0 saturated heterocycles. The zero-order chi connectivity index (χ0) is 28.7. The summed E-state index contributed by atoms with van der Waals surface area (Å²) in [5.41, 5.74) is 5.25. The summed E-state index contributed by atoms with van der Waals surface area (Å²) in [5, 5.41) is 0. The lowest BCUT2D eigenvalue weighted by Gasteiger charge is -2.35. The van der Waals surface area contributed by atoms with Crippen molar-refractivity contribution in [1.29, 1.82) is 0 Å². The van der Waals surface area contributed by atoms with Crippen molar-refractivity contribution in [2.75, 3.05) is 27.7 Å². The van der Waals surface area contributed by atoms with Gasteiger partial charge in [-0.3, -0.25) is 9.59 Å². The second-order valence-corrected chi connectivity index (χ2v) is 11.6. The topological polar surface area (TPSA) is 88.0 Å². The van der Waals surface area contributed by atoms with E-state index < -0.39 is 0 Å². The number of H-pyrrole nitrogens is 1. The van der Waals surface area contributed by atoms with Gasteiger partial charge in [-0.2, -0.15) is 0 Å². The molecule has 1 N–H and O–H groups in total. The number of carbonyl (C=O) groups is 1. The molecule has 0 atom stereocenters. The molecular formula is C32H41N3O5. The number of nitrogens with zero attached hydrogens (tertiary/aromatic N) is 2. The predicted molar refractivity (Wildman–Crippen MR) is 156 cm³/mol. The minimum Gasteiger partial charge on any atom is -0.492 e. The van der Waals surface area contributed by atoms with Gasteiger partial charge in [0.2, 0.25) is 0 Å². The van der Waals surface area contributed by atoms with E-state index >= 15 is 0 Å². The molecule has 0 radical (unpaired) electrons. The van der Waals surface area contributed by atoms with Gasteiger partial charge in [-0.25, -0.2) is 0 Å². The van der Waals surface area contributed by atoms with Crippen LogP contribution in [0.5, 0.6) is 11.5 Å². The molecule has 1 fully saturated rings. The van der Waals surface area contributed by atoms with E-state index in [0.29, 0.717) is 47.4 Å². The van der Waals surface area contributed by atoms with E-state index in [4.69, 9.17) is 13.9 Å². The number of furan rings is 1. The molecule has 8 nitrogen and oxygen atoms in total.